The van der Waals surface area contributed by atoms with Gasteiger partial charge in [-0.2, -0.15) is 0 Å². The average Bonchev–Trinajstić information content (AvgIpc) is 2.84. The largest absolute Gasteiger partial charge is 0.500 e. The molecule has 0 bridgehead atoms. The monoisotopic (exact) mass is 491 g/mol. The Kier molecular flexibility index (Phi) is 14.5. The number of anilines is 1. The van der Waals surface area contributed by atoms with E-state index in [4.69, 9.17) is 31.3 Å². The predicted molar refractivity (Wildman–Crippen MR) is 128 cm³/mol. The molecule has 0 saturated heterocycles. The molecule has 11 heteroatoms. The van der Waals surface area contributed by atoms with Crippen LogP contribution in [0.15, 0.2) is 30.3 Å². The Bertz CT molecular complexity index is 574. The van der Waals surface area contributed by atoms with Crippen molar-refractivity contribution in [3.63, 3.8) is 0 Å². The summed E-state index contributed by atoms with van der Waals surface area (Å²) in [5.74, 6) is 0. The smallest absolute Gasteiger partial charge is 0.389 e. The van der Waals surface area contributed by atoms with Gasteiger partial charge in [-0.3, -0.25) is 0 Å². The van der Waals surface area contributed by atoms with E-state index in [1.54, 1.807) is 42.7 Å². The van der Waals surface area contributed by atoms with Gasteiger partial charge in [-0.05, 0) is 25.0 Å². The van der Waals surface area contributed by atoms with Gasteiger partial charge in [0.2, 0.25) is 0 Å². The molecule has 0 heterocycles. The number of hydrogen-bond donors (Lipinski definition) is 1. The summed E-state index contributed by atoms with van der Waals surface area (Å²) in [6.07, 6.45) is 0.912. The maximum absolute atomic E-state index is 10.6. The molecule has 1 rings (SSSR count). The molecule has 32 heavy (non-hydrogen) atoms. The van der Waals surface area contributed by atoms with E-state index in [0.29, 0.717) is 25.2 Å². The molecule has 1 unspecified atom stereocenters. The van der Waals surface area contributed by atoms with Crippen molar-refractivity contribution in [2.24, 2.45) is 0 Å². The Labute approximate surface area is 195 Å². The van der Waals surface area contributed by atoms with Crippen molar-refractivity contribution in [1.82, 2.24) is 0 Å². The molecule has 0 aliphatic heterocycles. The Morgan fingerprint density at radius 1 is 0.781 bits per heavy atom. The fourth-order valence-electron chi connectivity index (χ4n) is 3.48. The first-order chi connectivity index (χ1) is 15.4. The number of para-hydroxylation sites is 1. The number of rotatable bonds is 19. The minimum absolute atomic E-state index is 0.248. The molecule has 0 aliphatic rings. The number of aliphatic hydroxyl groups is 1. The average molecular weight is 492 g/mol. The van der Waals surface area contributed by atoms with E-state index in [-0.39, 0.29) is 6.61 Å². The maximum Gasteiger partial charge on any atom is 0.500 e. The summed E-state index contributed by atoms with van der Waals surface area (Å²) in [7, 11) is 4.44. The zero-order chi connectivity index (χ0) is 23.9. The second-order valence-corrected chi connectivity index (χ2v) is 13.5. The van der Waals surface area contributed by atoms with E-state index >= 15 is 0 Å². The Morgan fingerprint density at radius 2 is 1.28 bits per heavy atom. The standard InChI is InChI=1S/C21H41NO8Si2/c1-24-31(25-2,26-3)16-10-14-22(20-12-8-7-9-13-20)18-21(23)19-30-15-11-17-32(27-4,28-5)29-6/h7-9,12-13,21,23H,10-11,14-19H2,1-6H3. The van der Waals surface area contributed by atoms with E-state index in [9.17, 15) is 5.11 Å². The van der Waals surface area contributed by atoms with Crippen molar-refractivity contribution >= 4 is 23.3 Å². The third kappa shape index (κ3) is 9.55. The van der Waals surface area contributed by atoms with Crippen LogP contribution in [-0.4, -0.2) is 97.8 Å². The first-order valence-electron chi connectivity index (χ1n) is 10.8. The second kappa shape index (κ2) is 15.9. The summed E-state index contributed by atoms with van der Waals surface area (Å²) in [5.41, 5.74) is 1.04. The molecular weight excluding hydrogens is 450 g/mol. The first kappa shape index (κ1) is 29.2. The highest BCUT2D eigenvalue weighted by Crippen LogP contribution is 2.19. The highest BCUT2D eigenvalue weighted by atomic mass is 28.4. The molecule has 1 N–H and O–H groups in total. The minimum Gasteiger partial charge on any atom is -0.389 e. The zero-order valence-corrected chi connectivity index (χ0v) is 22.4. The van der Waals surface area contributed by atoms with Crippen LogP contribution in [0.1, 0.15) is 12.8 Å². The SMILES string of the molecule is CO[Si](CCCOCC(O)CN(CCC[Si](OC)(OC)OC)c1ccccc1)(OC)OC. The molecule has 0 spiro atoms. The lowest BCUT2D eigenvalue weighted by Crippen LogP contribution is -2.44. The molecule has 0 saturated carbocycles. The molecule has 1 aromatic carbocycles. The van der Waals surface area contributed by atoms with Gasteiger partial charge in [0.15, 0.2) is 0 Å². The van der Waals surface area contributed by atoms with Gasteiger partial charge in [-0.1, -0.05) is 18.2 Å². The fourth-order valence-corrected chi connectivity index (χ4v) is 6.87. The van der Waals surface area contributed by atoms with Crippen LogP contribution in [0.2, 0.25) is 12.1 Å². The van der Waals surface area contributed by atoms with Crippen molar-refractivity contribution in [3.8, 4) is 0 Å². The number of ether oxygens (including phenoxy) is 1. The van der Waals surface area contributed by atoms with Crippen LogP contribution in [0.4, 0.5) is 5.69 Å². The Morgan fingerprint density at radius 3 is 1.78 bits per heavy atom. The van der Waals surface area contributed by atoms with Gasteiger partial charge in [0.1, 0.15) is 0 Å². The van der Waals surface area contributed by atoms with Gasteiger partial charge in [-0.25, -0.2) is 0 Å². The summed E-state index contributed by atoms with van der Waals surface area (Å²) in [4.78, 5) is 2.15. The minimum atomic E-state index is -2.62. The van der Waals surface area contributed by atoms with Crippen molar-refractivity contribution in [1.29, 1.82) is 0 Å². The third-order valence-corrected chi connectivity index (χ3v) is 11.1. The first-order valence-corrected chi connectivity index (χ1v) is 14.7. The van der Waals surface area contributed by atoms with E-state index in [2.05, 4.69) is 4.90 Å². The van der Waals surface area contributed by atoms with Crippen LogP contribution in [-0.2, 0) is 31.3 Å². The third-order valence-electron chi connectivity index (χ3n) is 5.41. The lowest BCUT2D eigenvalue weighted by molar-refractivity contribution is 0.0383. The normalized spacial score (nSPS) is 13.3. The molecule has 0 radical (unpaired) electrons. The summed E-state index contributed by atoms with van der Waals surface area (Å²) < 4.78 is 38.5. The molecule has 9 nitrogen and oxygen atoms in total. The molecule has 0 fully saturated rings. The number of aliphatic hydroxyl groups excluding tert-OH is 1. The van der Waals surface area contributed by atoms with Crippen molar-refractivity contribution < 1.29 is 36.4 Å². The quantitative estimate of drug-likeness (QED) is 0.231. The van der Waals surface area contributed by atoms with E-state index < -0.39 is 23.7 Å². The van der Waals surface area contributed by atoms with Gasteiger partial charge in [0.25, 0.3) is 0 Å². The van der Waals surface area contributed by atoms with Crippen LogP contribution < -0.4 is 4.90 Å². The molecule has 186 valence electrons. The van der Waals surface area contributed by atoms with Crippen LogP contribution in [0, 0.1) is 0 Å². The summed E-state index contributed by atoms with van der Waals surface area (Å²) in [6.45, 7) is 1.93. The summed E-state index contributed by atoms with van der Waals surface area (Å²) >= 11 is 0. The van der Waals surface area contributed by atoms with Crippen molar-refractivity contribution in [3.05, 3.63) is 30.3 Å². The Balaban J connectivity index is 2.53. The van der Waals surface area contributed by atoms with Crippen molar-refractivity contribution in [2.75, 3.05) is 73.9 Å². The number of nitrogens with zero attached hydrogens (tertiary/aromatic N) is 1. The van der Waals surface area contributed by atoms with Crippen LogP contribution in [0.25, 0.3) is 0 Å². The van der Waals surface area contributed by atoms with Crippen molar-refractivity contribution in [2.45, 2.75) is 31.0 Å². The highest BCUT2D eigenvalue weighted by molar-refractivity contribution is 6.60. The summed E-state index contributed by atoms with van der Waals surface area (Å²) in [5, 5.41) is 10.6. The van der Waals surface area contributed by atoms with E-state index in [1.165, 1.54) is 0 Å². The van der Waals surface area contributed by atoms with E-state index in [0.717, 1.165) is 25.1 Å². The van der Waals surface area contributed by atoms with Gasteiger partial charge in [0.05, 0.1) is 12.7 Å². The van der Waals surface area contributed by atoms with Crippen LogP contribution >= 0.6 is 0 Å². The number of benzene rings is 1. The van der Waals surface area contributed by atoms with E-state index in [1.807, 2.05) is 30.3 Å². The molecule has 1 atom stereocenters. The number of hydrogen-bond acceptors (Lipinski definition) is 9. The molecule has 0 aromatic heterocycles. The molecule has 0 aliphatic carbocycles. The molecular formula is C21H41NO8Si2. The Hall–Kier alpha value is -0.866. The topological polar surface area (TPSA) is 88.1 Å². The molecule has 1 aromatic rings. The van der Waals surface area contributed by atoms with Gasteiger partial charge >= 0.3 is 17.6 Å². The highest BCUT2D eigenvalue weighted by Gasteiger charge is 2.37. The molecule has 0 amide bonds. The van der Waals surface area contributed by atoms with Gasteiger partial charge < -0.3 is 41.3 Å². The van der Waals surface area contributed by atoms with Crippen LogP contribution in [0.3, 0.4) is 0 Å². The van der Waals surface area contributed by atoms with Gasteiger partial charge in [-0.15, -0.1) is 0 Å². The lowest BCUT2D eigenvalue weighted by Gasteiger charge is -2.29. The fraction of sp³-hybridized carbons (Fsp3) is 0.714. The zero-order valence-electron chi connectivity index (χ0n) is 20.4. The van der Waals surface area contributed by atoms with Gasteiger partial charge in [0, 0.05) is 80.1 Å². The maximum atomic E-state index is 10.6. The van der Waals surface area contributed by atoms with Crippen LogP contribution in [0.5, 0.6) is 0 Å². The summed E-state index contributed by atoms with van der Waals surface area (Å²) in [6, 6.07) is 11.4. The lowest BCUT2D eigenvalue weighted by atomic mass is 10.2. The second-order valence-electron chi connectivity index (χ2n) is 7.31. The predicted octanol–water partition coefficient (Wildman–Crippen LogP) is 2.41.